The van der Waals surface area contributed by atoms with Gasteiger partial charge in [0.2, 0.25) is 10.0 Å². The van der Waals surface area contributed by atoms with Crippen LogP contribution in [0.15, 0.2) is 23.1 Å². The Balaban J connectivity index is 3.25. The minimum absolute atomic E-state index is 0.211. The Morgan fingerprint density at radius 2 is 2.06 bits per heavy atom. The van der Waals surface area contributed by atoms with Crippen molar-refractivity contribution < 1.29 is 13.2 Å². The molecule has 0 heterocycles. The second-order valence-electron chi connectivity index (χ2n) is 3.53. The number of halogens is 1. The average Bonchev–Trinajstić information content (AvgIpc) is 2.36. The predicted octanol–water partition coefficient (Wildman–Crippen LogP) is 2.07. The van der Waals surface area contributed by atoms with Gasteiger partial charge in [-0.3, -0.25) is 0 Å². The van der Waals surface area contributed by atoms with E-state index in [2.05, 4.69) is 0 Å². The summed E-state index contributed by atoms with van der Waals surface area (Å²) in [5.74, 6) is 0.806. The van der Waals surface area contributed by atoms with Gasteiger partial charge in [0.1, 0.15) is 5.75 Å². The van der Waals surface area contributed by atoms with Gasteiger partial charge < -0.3 is 4.74 Å². The van der Waals surface area contributed by atoms with Crippen molar-refractivity contribution in [1.82, 2.24) is 4.31 Å². The van der Waals surface area contributed by atoms with E-state index in [0.717, 1.165) is 0 Å². The van der Waals surface area contributed by atoms with Crippen LogP contribution in [-0.4, -0.2) is 33.4 Å². The number of ether oxygens (including phenoxy) is 1. The molecule has 0 aliphatic carbocycles. The van der Waals surface area contributed by atoms with Crippen LogP contribution in [0.2, 0.25) is 0 Å². The Morgan fingerprint density at radius 3 is 2.53 bits per heavy atom. The van der Waals surface area contributed by atoms with E-state index in [-0.39, 0.29) is 10.8 Å². The first-order chi connectivity index (χ1) is 7.97. The molecule has 17 heavy (non-hydrogen) atoms. The summed E-state index contributed by atoms with van der Waals surface area (Å²) < 4.78 is 30.5. The van der Waals surface area contributed by atoms with E-state index in [4.69, 9.17) is 16.3 Å². The van der Waals surface area contributed by atoms with Gasteiger partial charge in [-0.05, 0) is 18.2 Å². The van der Waals surface area contributed by atoms with Gasteiger partial charge in [0.25, 0.3) is 0 Å². The molecule has 0 aliphatic heterocycles. The van der Waals surface area contributed by atoms with E-state index >= 15 is 0 Å². The Bertz CT molecular complexity index is 487. The zero-order chi connectivity index (χ0) is 13.1. The number of nitrogens with zero attached hydrogens (tertiary/aromatic N) is 1. The van der Waals surface area contributed by atoms with Gasteiger partial charge in [-0.1, -0.05) is 6.92 Å². The van der Waals surface area contributed by atoms with Gasteiger partial charge in [0.05, 0.1) is 17.9 Å². The van der Waals surface area contributed by atoms with E-state index in [1.54, 1.807) is 26.1 Å². The molecular weight excluding hydrogens is 262 g/mol. The zero-order valence-corrected chi connectivity index (χ0v) is 11.7. The topological polar surface area (TPSA) is 46.6 Å². The van der Waals surface area contributed by atoms with Gasteiger partial charge in [-0.15, -0.1) is 11.6 Å². The Labute approximate surface area is 107 Å². The summed E-state index contributed by atoms with van der Waals surface area (Å²) in [6, 6.07) is 4.69. The van der Waals surface area contributed by atoms with Crippen molar-refractivity contribution in [2.45, 2.75) is 17.7 Å². The standard InChI is InChI=1S/C11H16ClNO3S/c1-4-13(2)17(14,15)10-5-6-11(16-3)9(7-10)8-12/h5-7H,4,8H2,1-3H3. The molecular formula is C11H16ClNO3S. The smallest absolute Gasteiger partial charge is 0.242 e. The third-order valence-electron chi connectivity index (χ3n) is 2.55. The summed E-state index contributed by atoms with van der Waals surface area (Å²) in [5, 5.41) is 0. The third-order valence-corrected chi connectivity index (χ3v) is 4.77. The van der Waals surface area contributed by atoms with E-state index in [9.17, 15) is 8.42 Å². The largest absolute Gasteiger partial charge is 0.496 e. The zero-order valence-electron chi connectivity index (χ0n) is 10.1. The van der Waals surface area contributed by atoms with Gasteiger partial charge in [-0.2, -0.15) is 0 Å². The molecule has 1 aromatic rings. The van der Waals surface area contributed by atoms with Crippen LogP contribution in [0.5, 0.6) is 5.75 Å². The van der Waals surface area contributed by atoms with Crippen LogP contribution in [0.3, 0.4) is 0 Å². The number of benzene rings is 1. The van der Waals surface area contributed by atoms with Crippen LogP contribution in [0.1, 0.15) is 12.5 Å². The molecule has 6 heteroatoms. The predicted molar refractivity (Wildman–Crippen MR) is 68.0 cm³/mol. The fraction of sp³-hybridized carbons (Fsp3) is 0.455. The number of rotatable bonds is 5. The van der Waals surface area contributed by atoms with Crippen LogP contribution in [0, 0.1) is 0 Å². The lowest BCUT2D eigenvalue weighted by atomic mass is 10.2. The number of methoxy groups -OCH3 is 1. The molecule has 0 atom stereocenters. The Hall–Kier alpha value is -0.780. The lowest BCUT2D eigenvalue weighted by molar-refractivity contribution is 0.410. The molecule has 96 valence electrons. The first kappa shape index (κ1) is 14.3. The molecule has 0 N–H and O–H groups in total. The highest BCUT2D eigenvalue weighted by molar-refractivity contribution is 7.89. The molecule has 0 unspecified atom stereocenters. The number of alkyl halides is 1. The third kappa shape index (κ3) is 2.91. The summed E-state index contributed by atoms with van der Waals surface area (Å²) in [4.78, 5) is 0.235. The quantitative estimate of drug-likeness (QED) is 0.774. The lowest BCUT2D eigenvalue weighted by Gasteiger charge is -2.16. The molecule has 0 saturated heterocycles. The van der Waals surface area contributed by atoms with Crippen molar-refractivity contribution in [2.75, 3.05) is 20.7 Å². The van der Waals surface area contributed by atoms with E-state index in [1.165, 1.54) is 17.5 Å². The van der Waals surface area contributed by atoms with Crippen LogP contribution < -0.4 is 4.74 Å². The maximum absolute atomic E-state index is 12.1. The molecule has 0 aliphatic rings. The van der Waals surface area contributed by atoms with Crippen molar-refractivity contribution in [3.63, 3.8) is 0 Å². The van der Waals surface area contributed by atoms with Gasteiger partial charge in [-0.25, -0.2) is 12.7 Å². The maximum Gasteiger partial charge on any atom is 0.242 e. The molecule has 0 radical (unpaired) electrons. The summed E-state index contributed by atoms with van der Waals surface area (Å²) in [6.07, 6.45) is 0. The number of hydrogen-bond acceptors (Lipinski definition) is 3. The van der Waals surface area contributed by atoms with E-state index in [0.29, 0.717) is 17.9 Å². The fourth-order valence-corrected chi connectivity index (χ4v) is 2.81. The molecule has 0 saturated carbocycles. The van der Waals surface area contributed by atoms with Crippen molar-refractivity contribution in [3.8, 4) is 5.75 Å². The summed E-state index contributed by atoms with van der Waals surface area (Å²) in [5.41, 5.74) is 0.666. The highest BCUT2D eigenvalue weighted by Crippen LogP contribution is 2.25. The molecule has 1 aromatic carbocycles. The molecule has 4 nitrogen and oxygen atoms in total. The first-order valence-electron chi connectivity index (χ1n) is 5.16. The van der Waals surface area contributed by atoms with Gasteiger partial charge in [0, 0.05) is 19.2 Å². The molecule has 1 rings (SSSR count). The van der Waals surface area contributed by atoms with Crippen LogP contribution in [-0.2, 0) is 15.9 Å². The number of hydrogen-bond donors (Lipinski definition) is 0. The van der Waals surface area contributed by atoms with E-state index < -0.39 is 10.0 Å². The number of sulfonamides is 1. The van der Waals surface area contributed by atoms with Crippen molar-refractivity contribution in [2.24, 2.45) is 0 Å². The van der Waals surface area contributed by atoms with Crippen LogP contribution in [0.25, 0.3) is 0 Å². The normalized spacial score (nSPS) is 11.8. The summed E-state index contributed by atoms with van der Waals surface area (Å²) >= 11 is 5.76. The maximum atomic E-state index is 12.1. The molecule has 0 bridgehead atoms. The highest BCUT2D eigenvalue weighted by atomic mass is 35.5. The first-order valence-corrected chi connectivity index (χ1v) is 7.14. The van der Waals surface area contributed by atoms with Crippen molar-refractivity contribution in [3.05, 3.63) is 23.8 Å². The molecule has 0 aromatic heterocycles. The van der Waals surface area contributed by atoms with Gasteiger partial charge >= 0.3 is 0 Å². The lowest BCUT2D eigenvalue weighted by Crippen LogP contribution is -2.26. The van der Waals surface area contributed by atoms with Crippen molar-refractivity contribution in [1.29, 1.82) is 0 Å². The minimum atomic E-state index is -3.43. The average molecular weight is 278 g/mol. The fourth-order valence-electron chi connectivity index (χ4n) is 1.37. The summed E-state index contributed by atoms with van der Waals surface area (Å²) in [6.45, 7) is 2.20. The van der Waals surface area contributed by atoms with Gasteiger partial charge in [0.15, 0.2) is 0 Å². The molecule has 0 amide bonds. The monoisotopic (exact) mass is 277 g/mol. The second-order valence-corrected chi connectivity index (χ2v) is 5.84. The summed E-state index contributed by atoms with van der Waals surface area (Å²) in [7, 11) is -0.360. The highest BCUT2D eigenvalue weighted by Gasteiger charge is 2.20. The Kier molecular flexibility index (Phi) is 4.80. The SMILES string of the molecule is CCN(C)S(=O)(=O)c1ccc(OC)c(CCl)c1. The van der Waals surface area contributed by atoms with Crippen LogP contribution in [0.4, 0.5) is 0 Å². The minimum Gasteiger partial charge on any atom is -0.496 e. The molecule has 0 spiro atoms. The molecule has 0 fully saturated rings. The second kappa shape index (κ2) is 5.71. The van der Waals surface area contributed by atoms with Crippen molar-refractivity contribution >= 4 is 21.6 Å². The Morgan fingerprint density at radius 1 is 1.41 bits per heavy atom. The van der Waals surface area contributed by atoms with E-state index in [1.807, 2.05) is 0 Å². The van der Waals surface area contributed by atoms with Crippen LogP contribution >= 0.6 is 11.6 Å².